The van der Waals surface area contributed by atoms with Crippen LogP contribution in [0.1, 0.15) is 21.5 Å². The minimum absolute atomic E-state index is 0.195. The number of aromatic nitrogens is 3. The molecule has 0 atom stereocenters. The first-order valence-electron chi connectivity index (χ1n) is 10.1. The zero-order valence-electron chi connectivity index (χ0n) is 17.6. The Morgan fingerprint density at radius 3 is 2.41 bits per heavy atom. The SMILES string of the molecule is Cc1ccc(-n2c(N)c(C(=O)Nc3cccc(F)c3)c3nc4ccccc4nc32)cc1C. The molecule has 0 aliphatic rings. The summed E-state index contributed by atoms with van der Waals surface area (Å²) in [6.07, 6.45) is 0. The molecule has 0 saturated carbocycles. The molecule has 0 fully saturated rings. The average molecular weight is 425 g/mol. The third-order valence-corrected chi connectivity index (χ3v) is 5.56. The van der Waals surface area contributed by atoms with Crippen LogP contribution in [0.25, 0.3) is 27.9 Å². The maximum absolute atomic E-state index is 13.6. The van der Waals surface area contributed by atoms with Crippen molar-refractivity contribution < 1.29 is 9.18 Å². The van der Waals surface area contributed by atoms with Gasteiger partial charge >= 0.3 is 0 Å². The Bertz CT molecular complexity index is 1520. The van der Waals surface area contributed by atoms with E-state index in [4.69, 9.17) is 15.7 Å². The molecule has 2 aromatic heterocycles. The largest absolute Gasteiger partial charge is 0.384 e. The van der Waals surface area contributed by atoms with Gasteiger partial charge in [0.1, 0.15) is 22.7 Å². The van der Waals surface area contributed by atoms with E-state index < -0.39 is 11.7 Å². The molecule has 6 nitrogen and oxygen atoms in total. The number of nitrogen functional groups attached to an aromatic ring is 1. The summed E-state index contributed by atoms with van der Waals surface area (Å²) in [5, 5.41) is 2.73. The number of anilines is 2. The predicted molar refractivity (Wildman–Crippen MR) is 125 cm³/mol. The van der Waals surface area contributed by atoms with Crippen molar-refractivity contribution in [2.45, 2.75) is 13.8 Å². The van der Waals surface area contributed by atoms with Crippen LogP contribution in [0.3, 0.4) is 0 Å². The summed E-state index contributed by atoms with van der Waals surface area (Å²) >= 11 is 0. The molecule has 3 aromatic carbocycles. The Labute approximate surface area is 183 Å². The lowest BCUT2D eigenvalue weighted by Gasteiger charge is -2.10. The fraction of sp³-hybridized carbons (Fsp3) is 0.0800. The molecule has 158 valence electrons. The number of para-hydroxylation sites is 2. The molecule has 1 amide bonds. The number of hydrogen-bond acceptors (Lipinski definition) is 4. The summed E-state index contributed by atoms with van der Waals surface area (Å²) in [6.45, 7) is 4.04. The van der Waals surface area contributed by atoms with Crippen LogP contribution in [-0.2, 0) is 0 Å². The van der Waals surface area contributed by atoms with Crippen LogP contribution < -0.4 is 11.1 Å². The quantitative estimate of drug-likeness (QED) is 0.418. The van der Waals surface area contributed by atoms with Crippen LogP contribution in [0.15, 0.2) is 66.7 Å². The molecule has 0 saturated heterocycles. The molecule has 0 radical (unpaired) electrons. The second-order valence-electron chi connectivity index (χ2n) is 7.71. The molecule has 32 heavy (non-hydrogen) atoms. The van der Waals surface area contributed by atoms with Crippen molar-refractivity contribution in [2.24, 2.45) is 0 Å². The van der Waals surface area contributed by atoms with E-state index in [1.165, 1.54) is 18.2 Å². The van der Waals surface area contributed by atoms with Crippen molar-refractivity contribution in [3.05, 3.63) is 89.2 Å². The molecule has 0 spiro atoms. The van der Waals surface area contributed by atoms with E-state index in [1.54, 1.807) is 10.6 Å². The number of carbonyl (C=O) groups is 1. The first kappa shape index (κ1) is 19.7. The van der Waals surface area contributed by atoms with Gasteiger partial charge < -0.3 is 11.1 Å². The summed E-state index contributed by atoms with van der Waals surface area (Å²) in [4.78, 5) is 22.7. The summed E-state index contributed by atoms with van der Waals surface area (Å²) in [5.74, 6) is -0.711. The lowest BCUT2D eigenvalue weighted by atomic mass is 10.1. The van der Waals surface area contributed by atoms with Gasteiger partial charge in [0.15, 0.2) is 5.65 Å². The van der Waals surface area contributed by atoms with Crippen LogP contribution in [0.2, 0.25) is 0 Å². The fourth-order valence-electron chi connectivity index (χ4n) is 3.77. The summed E-state index contributed by atoms with van der Waals surface area (Å²) < 4.78 is 15.4. The van der Waals surface area contributed by atoms with Gasteiger partial charge in [-0.1, -0.05) is 24.3 Å². The van der Waals surface area contributed by atoms with Crippen LogP contribution in [0.5, 0.6) is 0 Å². The van der Waals surface area contributed by atoms with Crippen LogP contribution in [0.4, 0.5) is 15.9 Å². The normalized spacial score (nSPS) is 11.2. The zero-order valence-corrected chi connectivity index (χ0v) is 17.6. The maximum Gasteiger partial charge on any atom is 0.261 e. The predicted octanol–water partition coefficient (Wildman–Crippen LogP) is 5.16. The molecule has 0 aliphatic carbocycles. The van der Waals surface area contributed by atoms with E-state index in [2.05, 4.69) is 5.32 Å². The lowest BCUT2D eigenvalue weighted by Crippen LogP contribution is -2.14. The third-order valence-electron chi connectivity index (χ3n) is 5.56. The lowest BCUT2D eigenvalue weighted by molar-refractivity contribution is 0.102. The number of halogens is 1. The Morgan fingerprint density at radius 2 is 1.69 bits per heavy atom. The average Bonchev–Trinajstić information content (AvgIpc) is 3.05. The number of nitrogens with one attached hydrogen (secondary N) is 1. The standard InChI is InChI=1S/C25H20FN5O/c1-14-10-11-18(12-15(14)2)31-23(27)21(25(32)28-17-7-5-6-16(26)13-17)22-24(31)30-20-9-4-3-8-19(20)29-22/h3-13H,27H2,1-2H3,(H,28,32). The van der Waals surface area contributed by atoms with Crippen molar-refractivity contribution in [2.75, 3.05) is 11.1 Å². The van der Waals surface area contributed by atoms with Crippen LogP contribution in [-0.4, -0.2) is 20.4 Å². The minimum Gasteiger partial charge on any atom is -0.384 e. The summed E-state index contributed by atoms with van der Waals surface area (Å²) in [7, 11) is 0. The molecule has 5 rings (SSSR count). The van der Waals surface area contributed by atoms with Crippen molar-refractivity contribution in [1.29, 1.82) is 0 Å². The fourth-order valence-corrected chi connectivity index (χ4v) is 3.77. The molecule has 0 unspecified atom stereocenters. The number of nitrogens with zero attached hydrogens (tertiary/aromatic N) is 3. The van der Waals surface area contributed by atoms with Gasteiger partial charge in [-0.3, -0.25) is 9.36 Å². The van der Waals surface area contributed by atoms with E-state index in [0.29, 0.717) is 27.9 Å². The molecular formula is C25H20FN5O. The van der Waals surface area contributed by atoms with Gasteiger partial charge in [0, 0.05) is 11.4 Å². The number of hydrogen-bond donors (Lipinski definition) is 2. The first-order valence-corrected chi connectivity index (χ1v) is 10.1. The Balaban J connectivity index is 1.76. The van der Waals surface area contributed by atoms with E-state index in [0.717, 1.165) is 16.8 Å². The molecule has 2 heterocycles. The highest BCUT2D eigenvalue weighted by atomic mass is 19.1. The number of fused-ring (bicyclic) bond motifs is 2. The van der Waals surface area contributed by atoms with Crippen molar-refractivity contribution in [3.8, 4) is 5.69 Å². The number of aryl methyl sites for hydroxylation is 2. The minimum atomic E-state index is -0.481. The second kappa shape index (κ2) is 7.46. The Morgan fingerprint density at radius 1 is 0.938 bits per heavy atom. The zero-order chi connectivity index (χ0) is 22.4. The Kier molecular flexibility index (Phi) is 4.59. The molecular weight excluding hydrogens is 405 g/mol. The highest BCUT2D eigenvalue weighted by Gasteiger charge is 2.25. The number of nitrogens with two attached hydrogens (primary N) is 1. The maximum atomic E-state index is 13.6. The van der Waals surface area contributed by atoms with Crippen molar-refractivity contribution in [1.82, 2.24) is 14.5 Å². The van der Waals surface area contributed by atoms with E-state index in [-0.39, 0.29) is 11.4 Å². The van der Waals surface area contributed by atoms with Gasteiger partial charge in [-0.2, -0.15) is 0 Å². The third kappa shape index (κ3) is 3.24. The number of amides is 1. The van der Waals surface area contributed by atoms with E-state index in [1.807, 2.05) is 56.3 Å². The molecule has 7 heteroatoms. The number of benzene rings is 3. The topological polar surface area (TPSA) is 85.8 Å². The highest BCUT2D eigenvalue weighted by molar-refractivity contribution is 6.16. The first-order chi connectivity index (χ1) is 15.4. The van der Waals surface area contributed by atoms with Crippen molar-refractivity contribution >= 4 is 39.6 Å². The van der Waals surface area contributed by atoms with Crippen molar-refractivity contribution in [3.63, 3.8) is 0 Å². The van der Waals surface area contributed by atoms with Gasteiger partial charge in [0.05, 0.1) is 11.0 Å². The van der Waals surface area contributed by atoms with Gasteiger partial charge in [0.2, 0.25) is 0 Å². The second-order valence-corrected chi connectivity index (χ2v) is 7.71. The molecule has 3 N–H and O–H groups in total. The smallest absolute Gasteiger partial charge is 0.261 e. The van der Waals surface area contributed by atoms with Gasteiger partial charge in [-0.15, -0.1) is 0 Å². The summed E-state index contributed by atoms with van der Waals surface area (Å²) in [5.41, 5.74) is 12.3. The monoisotopic (exact) mass is 425 g/mol. The van der Waals surface area contributed by atoms with Gasteiger partial charge in [-0.25, -0.2) is 14.4 Å². The van der Waals surface area contributed by atoms with E-state index >= 15 is 0 Å². The van der Waals surface area contributed by atoms with Gasteiger partial charge in [0.25, 0.3) is 5.91 Å². The number of carbonyl (C=O) groups excluding carboxylic acids is 1. The van der Waals surface area contributed by atoms with Crippen LogP contribution in [0, 0.1) is 19.7 Å². The Hall–Kier alpha value is -4.26. The van der Waals surface area contributed by atoms with Gasteiger partial charge in [-0.05, 0) is 67.4 Å². The van der Waals surface area contributed by atoms with Crippen LogP contribution >= 0.6 is 0 Å². The highest BCUT2D eigenvalue weighted by Crippen LogP contribution is 2.32. The molecule has 5 aromatic rings. The molecule has 0 bridgehead atoms. The summed E-state index contributed by atoms with van der Waals surface area (Å²) in [6, 6.07) is 19.1. The number of rotatable bonds is 3. The molecule has 0 aliphatic heterocycles. The van der Waals surface area contributed by atoms with E-state index in [9.17, 15) is 9.18 Å².